The van der Waals surface area contributed by atoms with Crippen molar-refractivity contribution < 1.29 is 14.1 Å². The monoisotopic (exact) mass is 523 g/mol. The van der Waals surface area contributed by atoms with Gasteiger partial charge in [-0.05, 0) is 58.6 Å². The molecule has 37 heavy (non-hydrogen) atoms. The van der Waals surface area contributed by atoms with Crippen LogP contribution in [-0.2, 0) is 20.7 Å². The summed E-state index contributed by atoms with van der Waals surface area (Å²) in [7, 11) is -3.26. The number of carbonyl (C=O) groups is 1. The molecule has 2 fully saturated rings. The van der Waals surface area contributed by atoms with E-state index in [-0.39, 0.29) is 36.3 Å². The molecule has 1 saturated heterocycles. The van der Waals surface area contributed by atoms with E-state index in [0.717, 1.165) is 42.4 Å². The summed E-state index contributed by atoms with van der Waals surface area (Å²) in [6, 6.07) is 17.6. The molecule has 0 aromatic heterocycles. The lowest BCUT2D eigenvalue weighted by atomic mass is 9.89. The van der Waals surface area contributed by atoms with E-state index in [9.17, 15) is 4.79 Å². The Bertz CT molecular complexity index is 1100. The van der Waals surface area contributed by atoms with Crippen LogP contribution in [0.3, 0.4) is 0 Å². The molecule has 7 heteroatoms. The second-order valence-electron chi connectivity index (χ2n) is 11.0. The van der Waals surface area contributed by atoms with Gasteiger partial charge in [0.05, 0.1) is 11.6 Å². The number of carbonyl (C=O) groups excluding carboxylic acids is 1. The number of hydrogen-bond donors (Lipinski definition) is 1. The summed E-state index contributed by atoms with van der Waals surface area (Å²) in [5, 5.41) is 3.53. The van der Waals surface area contributed by atoms with E-state index < -0.39 is 19.6 Å². The van der Waals surface area contributed by atoms with Gasteiger partial charge in [-0.25, -0.2) is 19.2 Å². The van der Waals surface area contributed by atoms with Crippen molar-refractivity contribution in [2.45, 2.75) is 97.1 Å². The Balaban J connectivity index is 1.69. The van der Waals surface area contributed by atoms with Crippen LogP contribution in [0.1, 0.15) is 76.1 Å². The topological polar surface area (TPSA) is 61.9 Å². The molecule has 6 nitrogen and oxygen atoms in total. The van der Waals surface area contributed by atoms with Crippen molar-refractivity contribution >= 4 is 13.6 Å². The molecular formula is C30H42N3O3P. The number of ether oxygens (including phenoxy) is 1. The van der Waals surface area contributed by atoms with E-state index in [0.29, 0.717) is 0 Å². The summed E-state index contributed by atoms with van der Waals surface area (Å²) in [5.74, 6) is -0.489. The lowest BCUT2D eigenvalue weighted by molar-refractivity contribution is -0.140. The van der Waals surface area contributed by atoms with Crippen molar-refractivity contribution in [3.63, 3.8) is 0 Å². The molecule has 0 amide bonds. The fraction of sp³-hybridized carbons (Fsp3) is 0.500. The Labute approximate surface area is 222 Å². The van der Waals surface area contributed by atoms with Crippen molar-refractivity contribution in [3.05, 3.63) is 83.4 Å². The zero-order chi connectivity index (χ0) is 26.7. The van der Waals surface area contributed by atoms with Gasteiger partial charge in [-0.2, -0.15) is 0 Å². The predicted molar refractivity (Wildman–Crippen MR) is 150 cm³/mol. The highest BCUT2D eigenvalue weighted by molar-refractivity contribution is 7.57. The molecular weight excluding hydrogens is 481 g/mol. The van der Waals surface area contributed by atoms with Crippen LogP contribution in [0, 0.1) is 6.92 Å². The van der Waals surface area contributed by atoms with Crippen LogP contribution < -0.4 is 5.09 Å². The highest BCUT2D eigenvalue weighted by Crippen LogP contribution is 2.64. The van der Waals surface area contributed by atoms with Gasteiger partial charge in [0.1, 0.15) is 6.61 Å². The Hall–Kier alpha value is -2.24. The van der Waals surface area contributed by atoms with E-state index >= 15 is 4.57 Å². The van der Waals surface area contributed by atoms with Crippen LogP contribution >= 0.6 is 7.59 Å². The quantitative estimate of drug-likeness (QED) is 0.222. The van der Waals surface area contributed by atoms with Crippen LogP contribution in [0.5, 0.6) is 0 Å². The largest absolute Gasteiger partial charge is 0.457 e. The van der Waals surface area contributed by atoms with Crippen molar-refractivity contribution in [2.24, 2.45) is 0 Å². The smallest absolute Gasteiger partial charge is 0.335 e. The highest BCUT2D eigenvalue weighted by Gasteiger charge is 2.57. The summed E-state index contributed by atoms with van der Waals surface area (Å²) < 4.78 is 25.3. The number of nitrogens with one attached hydrogen (secondary N) is 1. The molecule has 0 spiro atoms. The molecule has 1 saturated carbocycles. The molecule has 0 radical (unpaired) electrons. The van der Waals surface area contributed by atoms with Gasteiger partial charge in [-0.15, -0.1) is 0 Å². The molecule has 2 aromatic rings. The van der Waals surface area contributed by atoms with E-state index in [2.05, 4.69) is 48.7 Å². The van der Waals surface area contributed by atoms with Gasteiger partial charge in [0.2, 0.25) is 0 Å². The average molecular weight is 524 g/mol. The maximum absolute atomic E-state index is 15.2. The third-order valence-corrected chi connectivity index (χ3v) is 11.0. The molecule has 1 N–H and O–H groups in total. The number of aryl methyl sites for hydroxylation is 1. The number of rotatable bonds is 9. The molecule has 1 heterocycles. The van der Waals surface area contributed by atoms with Crippen molar-refractivity contribution in [2.75, 3.05) is 0 Å². The zero-order valence-corrected chi connectivity index (χ0v) is 23.8. The van der Waals surface area contributed by atoms with Gasteiger partial charge in [0.25, 0.3) is 7.59 Å². The zero-order valence-electron chi connectivity index (χ0n) is 22.9. The van der Waals surface area contributed by atoms with E-state index in [4.69, 9.17) is 4.74 Å². The molecule has 1 aliphatic heterocycles. The summed E-state index contributed by atoms with van der Waals surface area (Å²) >= 11 is 0. The minimum Gasteiger partial charge on any atom is -0.457 e. The second kappa shape index (κ2) is 11.7. The third kappa shape index (κ3) is 5.78. The second-order valence-corrected chi connectivity index (χ2v) is 13.2. The lowest BCUT2D eigenvalue weighted by Gasteiger charge is -2.38. The van der Waals surface area contributed by atoms with Gasteiger partial charge in [-0.3, -0.25) is 4.57 Å². The first kappa shape index (κ1) is 27.8. The van der Waals surface area contributed by atoms with Gasteiger partial charge in [-0.1, -0.05) is 79.6 Å². The van der Waals surface area contributed by atoms with Crippen molar-refractivity contribution in [1.29, 1.82) is 0 Å². The molecule has 1 aliphatic carbocycles. The maximum atomic E-state index is 15.2. The lowest BCUT2D eigenvalue weighted by Crippen LogP contribution is -2.43. The Morgan fingerprint density at radius 1 is 0.973 bits per heavy atom. The minimum atomic E-state index is -3.26. The summed E-state index contributed by atoms with van der Waals surface area (Å²) in [5.41, 5.74) is 3.14. The fourth-order valence-electron chi connectivity index (χ4n) is 5.97. The first-order chi connectivity index (χ1) is 17.6. The standard InChI is InChI=1S/C30H42N3O3P/c1-21(2)32-27-14-10-11-15-28(27)33(22(3)4)37(32,35)31-29(26-18-16-23(5)17-19-26)24(6)30(34)36-20-25-12-8-7-9-13-25/h7-9,12-13,16-19,21-22,27-29H,6,10-11,14-15,20H2,1-5H3,(H,31,35)/t27-,28-,29-/m1/s1. The first-order valence-electron chi connectivity index (χ1n) is 13.6. The maximum Gasteiger partial charge on any atom is 0.335 e. The van der Waals surface area contributed by atoms with Gasteiger partial charge >= 0.3 is 5.97 Å². The highest BCUT2D eigenvalue weighted by atomic mass is 31.2. The number of nitrogens with zero attached hydrogens (tertiary/aromatic N) is 2. The molecule has 200 valence electrons. The van der Waals surface area contributed by atoms with Crippen LogP contribution in [-0.4, -0.2) is 39.5 Å². The van der Waals surface area contributed by atoms with Crippen LogP contribution in [0.15, 0.2) is 66.7 Å². The molecule has 2 aromatic carbocycles. The predicted octanol–water partition coefficient (Wildman–Crippen LogP) is 6.78. The number of esters is 1. The van der Waals surface area contributed by atoms with Gasteiger partial charge in [0, 0.05) is 24.2 Å². The van der Waals surface area contributed by atoms with Crippen LogP contribution in [0.25, 0.3) is 0 Å². The van der Waals surface area contributed by atoms with E-state index in [1.807, 2.05) is 61.5 Å². The Kier molecular flexibility index (Phi) is 8.75. The fourth-order valence-corrected chi connectivity index (χ4v) is 9.71. The van der Waals surface area contributed by atoms with E-state index in [1.165, 1.54) is 0 Å². The summed E-state index contributed by atoms with van der Waals surface area (Å²) in [4.78, 5) is 13.3. The number of hydrogen-bond acceptors (Lipinski definition) is 3. The van der Waals surface area contributed by atoms with Crippen molar-refractivity contribution in [3.8, 4) is 0 Å². The minimum absolute atomic E-state index is 0.0876. The molecule has 0 bridgehead atoms. The van der Waals surface area contributed by atoms with Crippen LogP contribution in [0.2, 0.25) is 0 Å². The Morgan fingerprint density at radius 2 is 1.51 bits per heavy atom. The first-order valence-corrected chi connectivity index (χ1v) is 15.2. The Morgan fingerprint density at radius 3 is 2.03 bits per heavy atom. The van der Waals surface area contributed by atoms with Gasteiger partial charge in [0.15, 0.2) is 0 Å². The molecule has 3 atom stereocenters. The van der Waals surface area contributed by atoms with E-state index in [1.54, 1.807) is 0 Å². The molecule has 2 aliphatic rings. The average Bonchev–Trinajstić information content (AvgIpc) is 3.15. The normalized spacial score (nSPS) is 22.7. The number of fused-ring (bicyclic) bond motifs is 1. The molecule has 0 unspecified atom stereocenters. The van der Waals surface area contributed by atoms with Gasteiger partial charge < -0.3 is 4.74 Å². The summed E-state index contributed by atoms with van der Waals surface area (Å²) in [6.45, 7) is 14.8. The SMILES string of the molecule is C=C(C(=O)OCc1ccccc1)[C@@H](NP1(=O)N(C(C)C)[C@@H]2CCCC[C@H]2N1C(C)C)c1ccc(C)cc1. The summed E-state index contributed by atoms with van der Waals surface area (Å²) in [6.07, 6.45) is 4.37. The number of benzene rings is 2. The third-order valence-electron chi connectivity index (χ3n) is 7.59. The van der Waals surface area contributed by atoms with Crippen LogP contribution in [0.4, 0.5) is 0 Å². The van der Waals surface area contributed by atoms with Crippen molar-refractivity contribution in [1.82, 2.24) is 14.4 Å². The molecule has 4 rings (SSSR count).